The van der Waals surface area contributed by atoms with Crippen LogP contribution in [0.3, 0.4) is 0 Å². The molecule has 0 amide bonds. The van der Waals surface area contributed by atoms with Crippen molar-refractivity contribution in [1.82, 2.24) is 0 Å². The summed E-state index contributed by atoms with van der Waals surface area (Å²) in [6, 6.07) is 6.63. The molecule has 0 saturated carbocycles. The molecular formula is C16H22O5S. The van der Waals surface area contributed by atoms with Crippen LogP contribution < -0.4 is 0 Å². The third-order valence-electron chi connectivity index (χ3n) is 3.67. The molecule has 0 aromatic heterocycles. The third-order valence-corrected chi connectivity index (χ3v) is 5.53. The lowest BCUT2D eigenvalue weighted by molar-refractivity contribution is -0.262. The fraction of sp³-hybridized carbons (Fsp3) is 0.500. The van der Waals surface area contributed by atoms with Crippen LogP contribution in [0.25, 0.3) is 0 Å². The Kier molecular flexibility index (Phi) is 5.07. The van der Waals surface area contributed by atoms with Gasteiger partial charge in [0.1, 0.15) is 6.10 Å². The fourth-order valence-electron chi connectivity index (χ4n) is 2.57. The van der Waals surface area contributed by atoms with Gasteiger partial charge in [0, 0.05) is 19.6 Å². The van der Waals surface area contributed by atoms with Crippen LogP contribution in [-0.4, -0.2) is 38.6 Å². The van der Waals surface area contributed by atoms with E-state index in [9.17, 15) is 13.5 Å². The molecule has 2 rings (SSSR count). The van der Waals surface area contributed by atoms with Crippen molar-refractivity contribution >= 4 is 9.84 Å². The van der Waals surface area contributed by atoms with Crippen molar-refractivity contribution in [3.63, 3.8) is 0 Å². The number of hydrogen-bond acceptors (Lipinski definition) is 5. The smallest absolute Gasteiger partial charge is 0.203 e. The zero-order chi connectivity index (χ0) is 16.4. The molecule has 1 aliphatic carbocycles. The van der Waals surface area contributed by atoms with E-state index < -0.39 is 21.7 Å². The molecule has 0 bridgehead atoms. The maximum atomic E-state index is 12.7. The van der Waals surface area contributed by atoms with Gasteiger partial charge in [-0.05, 0) is 39.0 Å². The molecule has 0 fully saturated rings. The highest BCUT2D eigenvalue weighted by Crippen LogP contribution is 2.39. The van der Waals surface area contributed by atoms with Gasteiger partial charge >= 0.3 is 0 Å². The lowest BCUT2D eigenvalue weighted by Gasteiger charge is -2.32. The second-order valence-electron chi connectivity index (χ2n) is 5.25. The SMILES string of the molecule is CCOC1(OCC)CC(S(=O)(=O)c2ccc(C)cc2)=C[C@@H]1O. The summed E-state index contributed by atoms with van der Waals surface area (Å²) in [6.45, 7) is 6.09. The Bertz CT molecular complexity index is 640. The van der Waals surface area contributed by atoms with E-state index in [-0.39, 0.29) is 16.2 Å². The Hall–Kier alpha value is -1.21. The second-order valence-corrected chi connectivity index (χ2v) is 7.25. The maximum Gasteiger partial charge on any atom is 0.203 e. The van der Waals surface area contributed by atoms with Gasteiger partial charge in [0.2, 0.25) is 15.6 Å². The highest BCUT2D eigenvalue weighted by molar-refractivity contribution is 7.95. The van der Waals surface area contributed by atoms with Gasteiger partial charge in [-0.1, -0.05) is 17.7 Å². The first-order chi connectivity index (χ1) is 10.4. The molecule has 0 radical (unpaired) electrons. The van der Waals surface area contributed by atoms with Gasteiger partial charge < -0.3 is 14.6 Å². The van der Waals surface area contributed by atoms with Gasteiger partial charge in [0.05, 0.1) is 9.80 Å². The van der Waals surface area contributed by atoms with Crippen molar-refractivity contribution in [2.45, 2.75) is 44.0 Å². The van der Waals surface area contributed by atoms with Gasteiger partial charge in [0.25, 0.3) is 0 Å². The minimum Gasteiger partial charge on any atom is -0.383 e. The van der Waals surface area contributed by atoms with Crippen molar-refractivity contribution in [2.24, 2.45) is 0 Å². The van der Waals surface area contributed by atoms with Gasteiger partial charge in [-0.3, -0.25) is 0 Å². The lowest BCUT2D eigenvalue weighted by atomic mass is 10.2. The van der Waals surface area contributed by atoms with E-state index in [4.69, 9.17) is 9.47 Å². The van der Waals surface area contributed by atoms with Crippen molar-refractivity contribution in [2.75, 3.05) is 13.2 Å². The Morgan fingerprint density at radius 2 is 1.73 bits per heavy atom. The summed E-state index contributed by atoms with van der Waals surface area (Å²) >= 11 is 0. The molecule has 0 heterocycles. The largest absolute Gasteiger partial charge is 0.383 e. The fourth-order valence-corrected chi connectivity index (χ4v) is 4.06. The van der Waals surface area contributed by atoms with Crippen LogP contribution >= 0.6 is 0 Å². The number of ether oxygens (including phenoxy) is 2. The number of aryl methyl sites for hydroxylation is 1. The zero-order valence-corrected chi connectivity index (χ0v) is 13.9. The number of rotatable bonds is 6. The first-order valence-electron chi connectivity index (χ1n) is 7.34. The summed E-state index contributed by atoms with van der Waals surface area (Å²) in [4.78, 5) is 0.339. The summed E-state index contributed by atoms with van der Waals surface area (Å²) in [5, 5.41) is 10.2. The molecule has 6 heteroatoms. The van der Waals surface area contributed by atoms with Crippen molar-refractivity contribution in [3.05, 3.63) is 40.8 Å². The van der Waals surface area contributed by atoms with Gasteiger partial charge in [-0.2, -0.15) is 0 Å². The van der Waals surface area contributed by atoms with E-state index in [0.29, 0.717) is 13.2 Å². The molecule has 0 unspecified atom stereocenters. The van der Waals surface area contributed by atoms with E-state index in [1.54, 1.807) is 38.1 Å². The highest BCUT2D eigenvalue weighted by atomic mass is 32.2. The van der Waals surface area contributed by atoms with Crippen molar-refractivity contribution < 1.29 is 23.0 Å². The highest BCUT2D eigenvalue weighted by Gasteiger charge is 2.47. The van der Waals surface area contributed by atoms with E-state index >= 15 is 0 Å². The van der Waals surface area contributed by atoms with Crippen LogP contribution in [-0.2, 0) is 19.3 Å². The topological polar surface area (TPSA) is 72.8 Å². The predicted octanol–water partition coefficient (Wildman–Crippen LogP) is 2.19. The quantitative estimate of drug-likeness (QED) is 0.811. The lowest BCUT2D eigenvalue weighted by Crippen LogP contribution is -2.44. The number of hydrogen-bond donors (Lipinski definition) is 1. The van der Waals surface area contributed by atoms with Crippen molar-refractivity contribution in [1.29, 1.82) is 0 Å². The molecular weight excluding hydrogens is 304 g/mol. The molecule has 22 heavy (non-hydrogen) atoms. The van der Waals surface area contributed by atoms with Gasteiger partial charge in [-0.25, -0.2) is 8.42 Å². The van der Waals surface area contributed by atoms with Gasteiger partial charge in [-0.15, -0.1) is 0 Å². The third kappa shape index (κ3) is 3.10. The molecule has 5 nitrogen and oxygen atoms in total. The van der Waals surface area contributed by atoms with Crippen LogP contribution in [0.15, 0.2) is 40.1 Å². The minimum atomic E-state index is -3.65. The van der Waals surface area contributed by atoms with E-state index in [0.717, 1.165) is 5.56 Å². The molecule has 1 N–H and O–H groups in total. The van der Waals surface area contributed by atoms with Crippen LogP contribution in [0, 0.1) is 6.92 Å². The monoisotopic (exact) mass is 326 g/mol. The van der Waals surface area contributed by atoms with Crippen LogP contribution in [0.1, 0.15) is 25.8 Å². The Morgan fingerprint density at radius 3 is 2.23 bits per heavy atom. The second kappa shape index (κ2) is 6.50. The van der Waals surface area contributed by atoms with Crippen LogP contribution in [0.5, 0.6) is 0 Å². The summed E-state index contributed by atoms with van der Waals surface area (Å²) in [6.07, 6.45) is 0.217. The first kappa shape index (κ1) is 17.1. The summed E-state index contributed by atoms with van der Waals surface area (Å²) in [5.41, 5.74) is 0.984. The summed E-state index contributed by atoms with van der Waals surface area (Å²) in [7, 11) is -3.65. The molecule has 1 aliphatic rings. The molecule has 1 atom stereocenters. The minimum absolute atomic E-state index is 0.00601. The van der Waals surface area contributed by atoms with E-state index in [1.165, 1.54) is 6.08 Å². The first-order valence-corrected chi connectivity index (χ1v) is 8.82. The molecule has 1 aromatic rings. The molecule has 0 spiro atoms. The normalized spacial score (nSPS) is 20.9. The molecule has 122 valence electrons. The number of aliphatic hydroxyl groups is 1. The van der Waals surface area contributed by atoms with Crippen LogP contribution in [0.2, 0.25) is 0 Å². The molecule has 0 saturated heterocycles. The number of sulfone groups is 1. The molecule has 1 aromatic carbocycles. The van der Waals surface area contributed by atoms with Crippen molar-refractivity contribution in [3.8, 4) is 0 Å². The van der Waals surface area contributed by atoms with Crippen LogP contribution in [0.4, 0.5) is 0 Å². The van der Waals surface area contributed by atoms with Gasteiger partial charge in [0.15, 0.2) is 0 Å². The summed E-state index contributed by atoms with van der Waals surface area (Å²) in [5.74, 6) is -1.31. The van der Waals surface area contributed by atoms with E-state index in [1.807, 2.05) is 6.92 Å². The number of benzene rings is 1. The zero-order valence-electron chi connectivity index (χ0n) is 13.1. The average molecular weight is 326 g/mol. The molecule has 0 aliphatic heterocycles. The number of aliphatic hydroxyl groups excluding tert-OH is 1. The Labute approximate surface area is 131 Å². The Morgan fingerprint density at radius 1 is 1.18 bits per heavy atom. The summed E-state index contributed by atoms with van der Waals surface area (Å²) < 4.78 is 36.5. The standard InChI is InChI=1S/C16H22O5S/c1-4-20-16(21-5-2)11-14(10-15(16)17)22(18,19)13-8-6-12(3)7-9-13/h6-10,15,17H,4-5,11H2,1-3H3/t15-/m0/s1. The predicted molar refractivity (Wildman–Crippen MR) is 83.1 cm³/mol. The Balaban J connectivity index is 2.33. The van der Waals surface area contributed by atoms with E-state index in [2.05, 4.69) is 0 Å². The maximum absolute atomic E-state index is 12.7. The average Bonchev–Trinajstić information content (AvgIpc) is 2.78.